The van der Waals surface area contributed by atoms with Gasteiger partial charge in [-0.2, -0.15) is 0 Å². The molecule has 0 bridgehead atoms. The minimum atomic E-state index is -3.53. The van der Waals surface area contributed by atoms with E-state index in [4.69, 9.17) is 45.9 Å². The highest BCUT2D eigenvalue weighted by Gasteiger charge is 2.34. The molecule has 0 atom stereocenters. The summed E-state index contributed by atoms with van der Waals surface area (Å²) in [5.74, 6) is 0.297. The van der Waals surface area contributed by atoms with Crippen molar-refractivity contribution in [1.29, 1.82) is 0 Å². The zero-order chi connectivity index (χ0) is 92.3. The molecule has 3 aliphatic heterocycles. The summed E-state index contributed by atoms with van der Waals surface area (Å²) in [6.07, 6.45) is 18.2. The van der Waals surface area contributed by atoms with E-state index in [1.807, 2.05) is 70.7 Å². The number of nitrogens with zero attached hydrogens (tertiary/aromatic N) is 3. The molecular formula is C114H121N15O2S4. The lowest BCUT2D eigenvalue weighted by Crippen LogP contribution is -2.23. The van der Waals surface area contributed by atoms with Crippen LogP contribution >= 0.6 is 34.0 Å². The summed E-state index contributed by atoms with van der Waals surface area (Å²) in [6, 6.07) is 97.8. The quantitative estimate of drug-likeness (QED) is 0.0113. The van der Waals surface area contributed by atoms with Crippen LogP contribution in [0.3, 0.4) is 0 Å². The maximum atomic E-state index is 13.3. The van der Waals surface area contributed by atoms with Gasteiger partial charge in [-0.15, -0.1) is 34.0 Å². The predicted octanol–water partition coefficient (Wildman–Crippen LogP) is 21.7. The maximum Gasteiger partial charge on any atom is 0.207 e. The Balaban J connectivity index is 0.000000132. The Kier molecular flexibility index (Phi) is 32.2. The van der Waals surface area contributed by atoms with Crippen LogP contribution in [-0.2, 0) is 48.6 Å². The molecule has 20 rings (SSSR count). The molecule has 17 aromatic rings. The number of thiophene rings is 3. The van der Waals surface area contributed by atoms with Crippen LogP contribution in [0.5, 0.6) is 0 Å². The zero-order valence-corrected chi connectivity index (χ0v) is 78.9. The van der Waals surface area contributed by atoms with E-state index < -0.39 is 9.84 Å². The van der Waals surface area contributed by atoms with Crippen molar-refractivity contribution >= 4 is 127 Å². The SMILES string of the molecule is C.C1=C(c2ccc3sc4ccc(C5=CCNCC5)cc4c3c2)CCNC1.NC(N)=NCCCc1cccc(-c2ccc3sc4ccc(-c5cccc(CCCN=C(N)N)c5)cc4c3c2)c1.NCCCc1cccc(-c2ccc3c(c2)-c2cc(-c4cccc(CCCN)c4)ccc2S3(=O)=O)c1.NCCNCc1cccc(-c2ccc3sc4ccc(-c5cncc(CNCCN)c5)cc4c3c2)c1. The molecule has 0 saturated carbocycles. The smallest absolute Gasteiger partial charge is 0.207 e. The largest absolute Gasteiger partial charge is 0.370 e. The molecule has 20 N–H and O–H groups in total. The highest BCUT2D eigenvalue weighted by Crippen LogP contribution is 2.48. The van der Waals surface area contributed by atoms with Crippen LogP contribution in [0.1, 0.15) is 90.5 Å². The van der Waals surface area contributed by atoms with Crippen molar-refractivity contribution < 1.29 is 8.42 Å². The number of fused-ring (bicyclic) bond motifs is 12. The first-order valence-corrected chi connectivity index (χ1v) is 50.5. The standard InChI is InChI=1S/C32H34N6S.C30H30N2O2S.C29H31N5S.C22H22N2S.CH4/c33-31(34)37-15-3-7-21-5-1-9-23(17-21)25-11-13-29-27(19-25)28-20-26(12-14-30(28)39-29)24-10-2-6-22(18-24)8-4-16-38-32(35)36;31-15-3-7-21-5-1-9-23(17-21)25-11-13-29-27(19-25)28-20-26(12-14-30(28)35(29,33)34)24-10-2-6-22(18-24)8-4-16-32;30-8-10-32-16-20-2-1-3-22(12-20)23-4-6-28-26(14-23)27-15-24(5-7-29(27)35-28)25-13-21(18-34-19-25)17-33-11-9-31;1-3-21-19(13-17(1)15-5-9-23-10-6-15)20-14-18(2-4-22(20)25-21)16-7-11-24-12-8-16;/h1-2,5-6,9-14,17-20H,3-4,7-8,15-16H2,(H4,33,34,37)(H4,35,36,38);1-2,5-6,9-14,17-20H,3-4,7-8,15-16,31-32H2;1-7,12-15,18-19,32-33H,8-11,16-17,30-31H2;1-5,7,13-14,23-24H,6,8-12H2;1H4. The fourth-order valence-electron chi connectivity index (χ4n) is 18.1. The number of hydrogen-bond acceptors (Lipinski definition) is 16. The molecule has 7 heterocycles. The second-order valence-corrected chi connectivity index (χ2v) is 39.6. The Morgan fingerprint density at radius 3 is 0.985 bits per heavy atom. The molecule has 688 valence electrons. The number of pyridine rings is 1. The predicted molar refractivity (Wildman–Crippen MR) is 578 cm³/mol. The van der Waals surface area contributed by atoms with Crippen LogP contribution in [0.15, 0.2) is 317 Å². The Labute approximate surface area is 805 Å². The van der Waals surface area contributed by atoms with Crippen molar-refractivity contribution in [3.8, 4) is 77.9 Å². The van der Waals surface area contributed by atoms with Gasteiger partial charge < -0.3 is 67.1 Å². The van der Waals surface area contributed by atoms with Gasteiger partial charge in [0.25, 0.3) is 0 Å². The molecule has 4 aromatic heterocycles. The van der Waals surface area contributed by atoms with Crippen molar-refractivity contribution in [2.24, 2.45) is 55.9 Å². The summed E-state index contributed by atoms with van der Waals surface area (Å²) in [7, 11) is -3.53. The molecule has 0 fully saturated rings. The fourth-order valence-corrected chi connectivity index (χ4v) is 23.0. The normalized spacial score (nSPS) is 13.1. The number of nitrogens with one attached hydrogen (secondary N) is 4. The molecule has 0 saturated heterocycles. The van der Waals surface area contributed by atoms with Gasteiger partial charge in [0.1, 0.15) is 0 Å². The van der Waals surface area contributed by atoms with E-state index in [0.717, 1.165) is 161 Å². The first-order valence-electron chi connectivity index (χ1n) is 46.6. The van der Waals surface area contributed by atoms with Crippen LogP contribution in [0, 0.1) is 0 Å². The van der Waals surface area contributed by atoms with Crippen molar-refractivity contribution in [2.45, 2.75) is 94.5 Å². The van der Waals surface area contributed by atoms with E-state index in [2.05, 4.69) is 285 Å². The van der Waals surface area contributed by atoms with Crippen LogP contribution in [-0.4, -0.2) is 104 Å². The minimum absolute atomic E-state index is 0. The first kappa shape index (κ1) is 95.5. The van der Waals surface area contributed by atoms with Crippen LogP contribution in [0.2, 0.25) is 0 Å². The summed E-state index contributed by atoms with van der Waals surface area (Å²) in [5.41, 5.74) is 73.0. The Morgan fingerprint density at radius 1 is 0.333 bits per heavy atom. The monoisotopic (exact) mass is 1860 g/mol. The Bertz CT molecular complexity index is 6900. The van der Waals surface area contributed by atoms with Gasteiger partial charge in [-0.25, -0.2) is 8.42 Å². The highest BCUT2D eigenvalue weighted by atomic mass is 32.2. The second-order valence-electron chi connectivity index (χ2n) is 34.5. The number of sulfone groups is 1. The van der Waals surface area contributed by atoms with Gasteiger partial charge >= 0.3 is 0 Å². The highest BCUT2D eigenvalue weighted by molar-refractivity contribution is 7.92. The summed E-state index contributed by atoms with van der Waals surface area (Å²) < 4.78 is 34.6. The molecular weight excluding hydrogens is 1740 g/mol. The van der Waals surface area contributed by atoms with Crippen molar-refractivity contribution in [3.63, 3.8) is 0 Å². The van der Waals surface area contributed by atoms with Gasteiger partial charge in [-0.05, 0) is 316 Å². The average molecular weight is 1860 g/mol. The van der Waals surface area contributed by atoms with E-state index in [1.54, 1.807) is 12.1 Å². The lowest BCUT2D eigenvalue weighted by atomic mass is 9.94. The molecule has 0 aliphatic carbocycles. The van der Waals surface area contributed by atoms with E-state index in [0.29, 0.717) is 49.1 Å². The molecule has 3 aliphatic rings. The molecule has 17 nitrogen and oxygen atoms in total. The lowest BCUT2D eigenvalue weighted by molar-refractivity contribution is 0.598. The number of nitrogens with two attached hydrogens (primary N) is 8. The van der Waals surface area contributed by atoms with Crippen LogP contribution in [0.4, 0.5) is 0 Å². The zero-order valence-electron chi connectivity index (χ0n) is 75.7. The number of guanidine groups is 2. The van der Waals surface area contributed by atoms with Gasteiger partial charge in [0, 0.05) is 155 Å². The van der Waals surface area contributed by atoms with E-state index in [-0.39, 0.29) is 19.3 Å². The third-order valence-electron chi connectivity index (χ3n) is 25.0. The summed E-state index contributed by atoms with van der Waals surface area (Å²) in [6.45, 7) is 11.3. The third kappa shape index (κ3) is 23.5. The third-order valence-corrected chi connectivity index (χ3v) is 30.3. The number of hydrogen-bond donors (Lipinski definition) is 12. The van der Waals surface area contributed by atoms with Crippen molar-refractivity contribution in [3.05, 3.63) is 342 Å². The lowest BCUT2D eigenvalue weighted by Gasteiger charge is -2.15. The van der Waals surface area contributed by atoms with Gasteiger partial charge in [0.2, 0.25) is 9.84 Å². The van der Waals surface area contributed by atoms with Crippen LogP contribution < -0.4 is 67.1 Å². The van der Waals surface area contributed by atoms with E-state index >= 15 is 0 Å². The first-order chi connectivity index (χ1) is 65.6. The minimum Gasteiger partial charge on any atom is -0.370 e. The molecule has 0 unspecified atom stereocenters. The number of rotatable bonds is 30. The Morgan fingerprint density at radius 2 is 0.637 bits per heavy atom. The number of benzene rings is 13. The average Bonchev–Trinajstić information content (AvgIpc) is 1.57. The number of aliphatic imine (C=N–C) groups is 2. The molecule has 0 spiro atoms. The van der Waals surface area contributed by atoms with Gasteiger partial charge in [-0.3, -0.25) is 15.0 Å². The summed E-state index contributed by atoms with van der Waals surface area (Å²) in [4.78, 5) is 13.4. The fraction of sp³-hybridized carbons (Fsp3) is 0.219. The van der Waals surface area contributed by atoms with E-state index in [1.165, 1.54) is 150 Å². The van der Waals surface area contributed by atoms with Crippen LogP contribution in [0.25, 0.3) is 150 Å². The second kappa shape index (κ2) is 45.6. The molecule has 0 amide bonds. The molecule has 0 radical (unpaired) electrons. The van der Waals surface area contributed by atoms with Crippen molar-refractivity contribution in [2.75, 3.05) is 78.5 Å². The summed E-state index contributed by atoms with van der Waals surface area (Å²) in [5, 5.41) is 21.5. The van der Waals surface area contributed by atoms with Gasteiger partial charge in [-0.1, -0.05) is 183 Å². The summed E-state index contributed by atoms with van der Waals surface area (Å²) >= 11 is 5.59. The molecule has 13 aromatic carbocycles. The van der Waals surface area contributed by atoms with Crippen molar-refractivity contribution in [1.82, 2.24) is 26.3 Å². The topological polar surface area (TPSA) is 328 Å². The maximum absolute atomic E-state index is 13.3. The molecule has 21 heteroatoms. The number of aryl methyl sites for hydroxylation is 4. The number of aromatic nitrogens is 1. The van der Waals surface area contributed by atoms with Gasteiger partial charge in [0.15, 0.2) is 11.9 Å². The van der Waals surface area contributed by atoms with Gasteiger partial charge in [0.05, 0.1) is 9.79 Å². The Hall–Kier alpha value is -12.7. The molecule has 135 heavy (non-hydrogen) atoms. The van der Waals surface area contributed by atoms with E-state index in [9.17, 15) is 8.42 Å².